The van der Waals surface area contributed by atoms with E-state index in [1.54, 1.807) is 39.1 Å². The fourth-order valence-electron chi connectivity index (χ4n) is 4.60. The van der Waals surface area contributed by atoms with Gasteiger partial charge in [-0.15, -0.1) is 0 Å². The molecule has 4 heterocycles. The third kappa shape index (κ3) is 4.51. The number of rotatable bonds is 4. The summed E-state index contributed by atoms with van der Waals surface area (Å²) in [6, 6.07) is 20.7. The second-order valence-corrected chi connectivity index (χ2v) is 8.89. The molecular formula is C28H25N5O4. The highest BCUT2D eigenvalue weighted by molar-refractivity contribution is 6.00. The number of hydrogen-bond donors (Lipinski definition) is 0. The van der Waals surface area contributed by atoms with Crippen LogP contribution in [0.3, 0.4) is 0 Å². The zero-order valence-corrected chi connectivity index (χ0v) is 20.1. The molecule has 0 unspecified atom stereocenters. The predicted octanol–water partition coefficient (Wildman–Crippen LogP) is 3.06. The fraction of sp³-hybridized carbons (Fsp3) is 0.214. The molecule has 4 aromatic rings. The predicted molar refractivity (Wildman–Crippen MR) is 136 cm³/mol. The van der Waals surface area contributed by atoms with Crippen LogP contribution in [0.1, 0.15) is 10.4 Å². The quantitative estimate of drug-likeness (QED) is 0.432. The van der Waals surface area contributed by atoms with Gasteiger partial charge in [0, 0.05) is 50.3 Å². The van der Waals surface area contributed by atoms with Gasteiger partial charge in [-0.25, -0.2) is 4.68 Å². The molecule has 1 fully saturated rings. The number of benzene rings is 2. The molecule has 0 aliphatic carbocycles. The Morgan fingerprint density at radius 3 is 2.32 bits per heavy atom. The topological polar surface area (TPSA) is 89.8 Å². The molecule has 0 radical (unpaired) electrons. The van der Waals surface area contributed by atoms with Crippen molar-refractivity contribution in [2.75, 3.05) is 32.8 Å². The van der Waals surface area contributed by atoms with Crippen molar-refractivity contribution in [3.63, 3.8) is 0 Å². The Bertz CT molecular complexity index is 1420. The minimum Gasteiger partial charge on any atom is -0.485 e. The van der Waals surface area contributed by atoms with Crippen molar-refractivity contribution >= 4 is 11.8 Å². The summed E-state index contributed by atoms with van der Waals surface area (Å²) in [7, 11) is 0. The average Bonchev–Trinajstić information content (AvgIpc) is 3.43. The van der Waals surface area contributed by atoms with E-state index < -0.39 is 6.10 Å². The molecule has 2 amide bonds. The number of carbonyl (C=O) groups excluding carboxylic acids is 2. The lowest BCUT2D eigenvalue weighted by atomic mass is 10.1. The Morgan fingerprint density at radius 2 is 1.57 bits per heavy atom. The van der Waals surface area contributed by atoms with Gasteiger partial charge in [-0.05, 0) is 36.4 Å². The molecule has 9 nitrogen and oxygen atoms in total. The maximum Gasteiger partial charge on any atom is 0.267 e. The van der Waals surface area contributed by atoms with Crippen LogP contribution in [0.25, 0.3) is 16.9 Å². The summed E-state index contributed by atoms with van der Waals surface area (Å²) in [5, 5.41) is 4.72. The smallest absolute Gasteiger partial charge is 0.267 e. The highest BCUT2D eigenvalue weighted by atomic mass is 16.6. The molecule has 9 heteroatoms. The number of aromatic nitrogens is 3. The van der Waals surface area contributed by atoms with E-state index in [1.165, 1.54) is 0 Å². The summed E-state index contributed by atoms with van der Waals surface area (Å²) in [5.74, 6) is 0.954. The monoisotopic (exact) mass is 495 g/mol. The zero-order valence-electron chi connectivity index (χ0n) is 20.1. The summed E-state index contributed by atoms with van der Waals surface area (Å²) in [6.07, 6.45) is 4.46. The maximum atomic E-state index is 13.7. The number of nitrogens with zero attached hydrogens (tertiary/aromatic N) is 5. The number of pyridine rings is 1. The third-order valence-electron chi connectivity index (χ3n) is 6.56. The van der Waals surface area contributed by atoms with E-state index in [-0.39, 0.29) is 18.4 Å². The lowest BCUT2D eigenvalue weighted by molar-refractivity contribution is -0.142. The number of ether oxygens (including phenoxy) is 2. The van der Waals surface area contributed by atoms with Gasteiger partial charge in [0.05, 0.1) is 11.3 Å². The molecule has 0 saturated carbocycles. The second kappa shape index (κ2) is 9.77. The summed E-state index contributed by atoms with van der Waals surface area (Å²) in [5.41, 5.74) is 2.70. The summed E-state index contributed by atoms with van der Waals surface area (Å²) in [4.78, 5) is 34.5. The van der Waals surface area contributed by atoms with E-state index in [2.05, 4.69) is 4.98 Å². The Balaban J connectivity index is 1.17. The molecule has 0 spiro atoms. The van der Waals surface area contributed by atoms with Gasteiger partial charge in [0.15, 0.2) is 11.5 Å². The van der Waals surface area contributed by atoms with Gasteiger partial charge in [-0.1, -0.05) is 30.3 Å². The SMILES string of the molecule is O=C(c1cn(-c2ccccc2)nc1-c1cccnc1)N1CCN(C(=O)[C@@H]2COc3ccccc3O2)CC1. The first kappa shape index (κ1) is 22.8. The molecule has 186 valence electrons. The van der Waals surface area contributed by atoms with Crippen molar-refractivity contribution in [2.45, 2.75) is 6.10 Å². The van der Waals surface area contributed by atoms with Crippen molar-refractivity contribution in [1.29, 1.82) is 0 Å². The Labute approximate surface area is 213 Å². The highest BCUT2D eigenvalue weighted by Crippen LogP contribution is 2.31. The van der Waals surface area contributed by atoms with Gasteiger partial charge in [0.1, 0.15) is 12.3 Å². The van der Waals surface area contributed by atoms with Crippen LogP contribution in [0.4, 0.5) is 0 Å². The molecule has 2 aromatic heterocycles. The number of hydrogen-bond acceptors (Lipinski definition) is 6. The molecule has 2 aromatic carbocycles. The van der Waals surface area contributed by atoms with Gasteiger partial charge < -0.3 is 19.3 Å². The molecule has 2 aliphatic heterocycles. The lowest BCUT2D eigenvalue weighted by Gasteiger charge is -2.37. The minimum atomic E-state index is -0.696. The molecule has 2 aliphatic rings. The first-order chi connectivity index (χ1) is 18.2. The Hall–Kier alpha value is -4.66. The number of carbonyl (C=O) groups is 2. The molecule has 1 atom stereocenters. The Kier molecular flexibility index (Phi) is 6.02. The van der Waals surface area contributed by atoms with Crippen LogP contribution >= 0.6 is 0 Å². The van der Waals surface area contributed by atoms with E-state index in [0.717, 1.165) is 11.3 Å². The van der Waals surface area contributed by atoms with Crippen LogP contribution in [-0.4, -0.2) is 75.3 Å². The molecular weight excluding hydrogens is 470 g/mol. The summed E-state index contributed by atoms with van der Waals surface area (Å²) in [6.45, 7) is 1.83. The van der Waals surface area contributed by atoms with Crippen LogP contribution < -0.4 is 9.47 Å². The maximum absolute atomic E-state index is 13.7. The normalized spacial score (nSPS) is 16.9. The first-order valence-corrected chi connectivity index (χ1v) is 12.2. The number of fused-ring (bicyclic) bond motifs is 1. The van der Waals surface area contributed by atoms with Crippen LogP contribution in [0.15, 0.2) is 85.3 Å². The van der Waals surface area contributed by atoms with Gasteiger partial charge >= 0.3 is 0 Å². The largest absolute Gasteiger partial charge is 0.485 e. The Morgan fingerprint density at radius 1 is 0.838 bits per heavy atom. The summed E-state index contributed by atoms with van der Waals surface area (Å²) < 4.78 is 13.3. The highest BCUT2D eigenvalue weighted by Gasteiger charge is 2.34. The van der Waals surface area contributed by atoms with E-state index in [0.29, 0.717) is 48.9 Å². The minimum absolute atomic E-state index is 0.126. The van der Waals surface area contributed by atoms with E-state index in [1.807, 2.05) is 60.7 Å². The van der Waals surface area contributed by atoms with Gasteiger partial charge in [-0.2, -0.15) is 5.10 Å². The van der Waals surface area contributed by atoms with Crippen molar-refractivity contribution < 1.29 is 19.1 Å². The number of para-hydroxylation sites is 3. The van der Waals surface area contributed by atoms with Crippen LogP contribution in [0.5, 0.6) is 11.5 Å². The van der Waals surface area contributed by atoms with Crippen LogP contribution in [0.2, 0.25) is 0 Å². The van der Waals surface area contributed by atoms with Crippen LogP contribution in [-0.2, 0) is 4.79 Å². The molecule has 0 N–H and O–H groups in total. The summed E-state index contributed by atoms with van der Waals surface area (Å²) >= 11 is 0. The fourth-order valence-corrected chi connectivity index (χ4v) is 4.60. The van der Waals surface area contributed by atoms with E-state index in [9.17, 15) is 9.59 Å². The molecule has 6 rings (SSSR count). The lowest BCUT2D eigenvalue weighted by Crippen LogP contribution is -2.55. The van der Waals surface area contributed by atoms with Crippen molar-refractivity contribution in [3.8, 4) is 28.4 Å². The van der Waals surface area contributed by atoms with E-state index >= 15 is 0 Å². The number of amides is 2. The van der Waals surface area contributed by atoms with E-state index in [4.69, 9.17) is 14.6 Å². The average molecular weight is 496 g/mol. The second-order valence-electron chi connectivity index (χ2n) is 8.89. The molecule has 0 bridgehead atoms. The first-order valence-electron chi connectivity index (χ1n) is 12.2. The van der Waals surface area contributed by atoms with Gasteiger partial charge in [-0.3, -0.25) is 14.6 Å². The van der Waals surface area contributed by atoms with Gasteiger partial charge in [0.25, 0.3) is 11.8 Å². The van der Waals surface area contributed by atoms with Crippen LogP contribution in [0, 0.1) is 0 Å². The zero-order chi connectivity index (χ0) is 25.2. The molecule has 37 heavy (non-hydrogen) atoms. The molecule has 1 saturated heterocycles. The standard InChI is InChI=1S/C28H25N5O4/c34-27(22-18-33(21-8-2-1-3-9-21)30-26(22)20-7-6-12-29-17-20)31-13-15-32(16-14-31)28(35)25-19-36-23-10-4-5-11-24(23)37-25/h1-12,17-18,25H,13-16,19H2/t25-/m0/s1. The third-order valence-corrected chi connectivity index (χ3v) is 6.56. The van der Waals surface area contributed by atoms with Crippen molar-refractivity contribution in [2.24, 2.45) is 0 Å². The van der Waals surface area contributed by atoms with Crippen molar-refractivity contribution in [3.05, 3.63) is 90.9 Å². The number of piperazine rings is 1. The van der Waals surface area contributed by atoms with Crippen molar-refractivity contribution in [1.82, 2.24) is 24.6 Å². The van der Waals surface area contributed by atoms with Gasteiger partial charge in [0.2, 0.25) is 6.10 Å².